The molecule has 0 atom stereocenters. The van der Waals surface area contributed by atoms with Crippen LogP contribution in [0.1, 0.15) is 11.1 Å². The second-order valence-corrected chi connectivity index (χ2v) is 7.33. The maximum Gasteiger partial charge on any atom is 0.497 e. The third-order valence-electron chi connectivity index (χ3n) is 3.06. The van der Waals surface area contributed by atoms with Gasteiger partial charge in [-0.05, 0) is 11.1 Å². The van der Waals surface area contributed by atoms with E-state index in [2.05, 4.69) is 0 Å². The minimum absolute atomic E-state index is 0.506. The van der Waals surface area contributed by atoms with Crippen LogP contribution < -0.4 is 0 Å². The lowest BCUT2D eigenvalue weighted by Crippen LogP contribution is -2.41. The predicted molar refractivity (Wildman–Crippen MR) is 81.1 cm³/mol. The first-order valence-corrected chi connectivity index (χ1v) is 8.85. The Kier molecular flexibility index (Phi) is 5.49. The molecule has 0 saturated carbocycles. The van der Waals surface area contributed by atoms with Gasteiger partial charge in [0.05, 0.1) is 13.2 Å². The van der Waals surface area contributed by atoms with Crippen LogP contribution in [0.3, 0.4) is 0 Å². The van der Waals surface area contributed by atoms with Gasteiger partial charge in [0.1, 0.15) is 0 Å². The summed E-state index contributed by atoms with van der Waals surface area (Å²) < 4.78 is 17.2. The highest BCUT2D eigenvalue weighted by Crippen LogP contribution is 2.14. The van der Waals surface area contributed by atoms with Gasteiger partial charge in [0.15, 0.2) is 0 Å². The number of hydrogen-bond acceptors (Lipinski definition) is 3. The first kappa shape index (κ1) is 14.9. The Morgan fingerprint density at radius 3 is 1.50 bits per heavy atom. The third-order valence-corrected chi connectivity index (χ3v) is 5.14. The minimum Gasteiger partial charge on any atom is -0.377 e. The quantitative estimate of drug-likeness (QED) is 0.728. The van der Waals surface area contributed by atoms with E-state index in [1.807, 2.05) is 67.2 Å². The topological polar surface area (TPSA) is 27.7 Å². The van der Waals surface area contributed by atoms with Crippen molar-refractivity contribution in [1.82, 2.24) is 0 Å². The summed E-state index contributed by atoms with van der Waals surface area (Å²) in [4.78, 5) is 0. The maximum atomic E-state index is 5.88. The molecule has 0 aliphatic heterocycles. The zero-order chi connectivity index (χ0) is 14.3. The summed E-state index contributed by atoms with van der Waals surface area (Å²) in [5.41, 5.74) is 2.23. The first-order chi connectivity index (χ1) is 9.72. The van der Waals surface area contributed by atoms with Crippen molar-refractivity contribution in [1.29, 1.82) is 0 Å². The molecular formula is C16H20O3Si. The molecule has 2 aromatic carbocycles. The summed E-state index contributed by atoms with van der Waals surface area (Å²) in [6.07, 6.45) is 0. The van der Waals surface area contributed by atoms with Crippen molar-refractivity contribution in [3.63, 3.8) is 0 Å². The number of hydrogen-bond donors (Lipinski definition) is 0. The van der Waals surface area contributed by atoms with Crippen molar-refractivity contribution in [3.05, 3.63) is 71.8 Å². The summed E-state index contributed by atoms with van der Waals surface area (Å²) in [5, 5.41) is 0. The van der Waals surface area contributed by atoms with Crippen molar-refractivity contribution < 1.29 is 13.3 Å². The highest BCUT2D eigenvalue weighted by molar-refractivity contribution is 6.59. The SMILES string of the molecule is CO[Si](C)(OCc1ccccc1)OCc1ccccc1. The second-order valence-electron chi connectivity index (χ2n) is 4.62. The molecule has 0 aliphatic carbocycles. The zero-order valence-electron chi connectivity index (χ0n) is 11.9. The third kappa shape index (κ3) is 4.58. The van der Waals surface area contributed by atoms with Gasteiger partial charge in [-0.1, -0.05) is 60.7 Å². The molecule has 0 unspecified atom stereocenters. The largest absolute Gasteiger partial charge is 0.497 e. The van der Waals surface area contributed by atoms with Gasteiger partial charge in [0.25, 0.3) is 0 Å². The van der Waals surface area contributed by atoms with Crippen LogP contribution in [0.2, 0.25) is 6.55 Å². The van der Waals surface area contributed by atoms with Crippen LogP contribution >= 0.6 is 0 Å². The van der Waals surface area contributed by atoms with Crippen molar-refractivity contribution in [2.45, 2.75) is 19.8 Å². The van der Waals surface area contributed by atoms with Crippen LogP contribution in [0.5, 0.6) is 0 Å². The van der Waals surface area contributed by atoms with Gasteiger partial charge in [-0.3, -0.25) is 0 Å². The Morgan fingerprint density at radius 2 is 1.15 bits per heavy atom. The van der Waals surface area contributed by atoms with Crippen LogP contribution in [0.25, 0.3) is 0 Å². The van der Waals surface area contributed by atoms with E-state index >= 15 is 0 Å². The van der Waals surface area contributed by atoms with Gasteiger partial charge in [-0.2, -0.15) is 0 Å². The fourth-order valence-corrected chi connectivity index (χ4v) is 2.91. The summed E-state index contributed by atoms with van der Waals surface area (Å²) in [6, 6.07) is 20.1. The van der Waals surface area contributed by atoms with E-state index in [1.165, 1.54) is 0 Å². The summed E-state index contributed by atoms with van der Waals surface area (Å²) in [7, 11) is -0.948. The smallest absolute Gasteiger partial charge is 0.377 e. The van der Waals surface area contributed by atoms with Crippen molar-refractivity contribution in [3.8, 4) is 0 Å². The van der Waals surface area contributed by atoms with E-state index in [4.69, 9.17) is 13.3 Å². The van der Waals surface area contributed by atoms with E-state index in [0.29, 0.717) is 13.2 Å². The van der Waals surface area contributed by atoms with Crippen molar-refractivity contribution in [2.24, 2.45) is 0 Å². The normalized spacial score (nSPS) is 11.5. The average molecular weight is 288 g/mol. The lowest BCUT2D eigenvalue weighted by atomic mass is 10.2. The van der Waals surface area contributed by atoms with Crippen LogP contribution in [-0.2, 0) is 26.5 Å². The van der Waals surface area contributed by atoms with Crippen molar-refractivity contribution >= 4 is 8.80 Å². The Bertz CT molecular complexity index is 458. The molecule has 20 heavy (non-hydrogen) atoms. The minimum atomic E-state index is -2.59. The molecular weight excluding hydrogens is 268 g/mol. The second kappa shape index (κ2) is 7.35. The summed E-state index contributed by atoms with van der Waals surface area (Å²) >= 11 is 0. The molecule has 0 fully saturated rings. The number of rotatable bonds is 7. The number of benzene rings is 2. The molecule has 2 rings (SSSR count). The maximum absolute atomic E-state index is 5.88. The standard InChI is InChI=1S/C16H20O3Si/c1-17-20(2,18-13-15-9-5-3-6-10-15)19-14-16-11-7-4-8-12-16/h3-12H,13-14H2,1-2H3. The molecule has 0 heterocycles. The predicted octanol–water partition coefficient (Wildman–Crippen LogP) is 3.64. The van der Waals surface area contributed by atoms with Crippen LogP contribution in [0, 0.1) is 0 Å². The van der Waals surface area contributed by atoms with Gasteiger partial charge in [0, 0.05) is 13.7 Å². The van der Waals surface area contributed by atoms with Gasteiger partial charge < -0.3 is 13.3 Å². The Labute approximate surface area is 121 Å². The molecule has 2 aromatic rings. The van der Waals surface area contributed by atoms with E-state index < -0.39 is 8.80 Å². The van der Waals surface area contributed by atoms with E-state index in [9.17, 15) is 0 Å². The monoisotopic (exact) mass is 288 g/mol. The molecule has 106 valence electrons. The van der Waals surface area contributed by atoms with E-state index in [0.717, 1.165) is 11.1 Å². The van der Waals surface area contributed by atoms with E-state index in [-0.39, 0.29) is 0 Å². The molecule has 0 bridgehead atoms. The van der Waals surface area contributed by atoms with E-state index in [1.54, 1.807) is 7.11 Å². The van der Waals surface area contributed by atoms with Gasteiger partial charge in [-0.15, -0.1) is 0 Å². The average Bonchev–Trinajstić information content (AvgIpc) is 2.53. The molecule has 0 aliphatic rings. The van der Waals surface area contributed by atoms with Gasteiger partial charge in [-0.25, -0.2) is 0 Å². The highest BCUT2D eigenvalue weighted by atomic mass is 28.4. The molecule has 0 amide bonds. The summed E-state index contributed by atoms with van der Waals surface area (Å²) in [6.45, 7) is 2.93. The Hall–Kier alpha value is -1.46. The van der Waals surface area contributed by atoms with Crippen LogP contribution in [0.15, 0.2) is 60.7 Å². The van der Waals surface area contributed by atoms with Gasteiger partial charge in [0.2, 0.25) is 0 Å². The highest BCUT2D eigenvalue weighted by Gasteiger charge is 2.33. The van der Waals surface area contributed by atoms with Crippen molar-refractivity contribution in [2.75, 3.05) is 7.11 Å². The first-order valence-electron chi connectivity index (χ1n) is 6.63. The lowest BCUT2D eigenvalue weighted by Gasteiger charge is -2.24. The molecule has 4 heteroatoms. The molecule has 3 nitrogen and oxygen atoms in total. The molecule has 0 aromatic heterocycles. The zero-order valence-corrected chi connectivity index (χ0v) is 12.9. The molecule has 0 N–H and O–H groups in total. The van der Waals surface area contributed by atoms with Gasteiger partial charge >= 0.3 is 8.80 Å². The molecule has 0 spiro atoms. The molecule has 0 saturated heterocycles. The Balaban J connectivity index is 1.88. The molecule has 0 radical (unpaired) electrons. The summed E-state index contributed by atoms with van der Waals surface area (Å²) in [5.74, 6) is 0. The lowest BCUT2D eigenvalue weighted by molar-refractivity contribution is 0.0720. The Morgan fingerprint density at radius 1 is 0.750 bits per heavy atom. The van der Waals surface area contributed by atoms with Crippen LogP contribution in [-0.4, -0.2) is 15.9 Å². The fourth-order valence-electron chi connectivity index (χ4n) is 1.74. The van der Waals surface area contributed by atoms with Crippen LogP contribution in [0.4, 0.5) is 0 Å². The fraction of sp³-hybridized carbons (Fsp3) is 0.250.